The van der Waals surface area contributed by atoms with E-state index < -0.39 is 11.7 Å². The Morgan fingerprint density at radius 3 is 2.12 bits per heavy atom. The van der Waals surface area contributed by atoms with Crippen LogP contribution in [0.25, 0.3) is 10.8 Å². The first kappa shape index (κ1) is 17.8. The molecule has 0 spiro atoms. The molecule has 5 nitrogen and oxygen atoms in total. The van der Waals surface area contributed by atoms with Crippen molar-refractivity contribution in [2.45, 2.75) is 6.54 Å². The zero-order chi connectivity index (χ0) is 18.7. The number of carbonyl (C=O) groups excluding carboxylic acids is 2. The van der Waals surface area contributed by atoms with Crippen LogP contribution in [-0.4, -0.2) is 17.0 Å². The van der Waals surface area contributed by atoms with E-state index in [4.69, 9.17) is 16.8 Å². The average molecular weight is 373 g/mol. The van der Waals surface area contributed by atoms with Crippen molar-refractivity contribution >= 4 is 34.2 Å². The van der Waals surface area contributed by atoms with Gasteiger partial charge in [0.2, 0.25) is 0 Å². The monoisotopic (exact) mass is 372 g/mol. The molecule has 0 saturated carbocycles. The molecule has 3 aromatic rings. The van der Waals surface area contributed by atoms with Crippen LogP contribution < -0.4 is 10.8 Å². The van der Waals surface area contributed by atoms with Gasteiger partial charge in [0.05, 0.1) is 5.02 Å². The predicted molar refractivity (Wildman–Crippen MR) is 95.8 cm³/mol. The zero-order valence-corrected chi connectivity index (χ0v) is 14.2. The van der Waals surface area contributed by atoms with Gasteiger partial charge in [0.25, 0.3) is 11.8 Å². The number of nitrogens with one attached hydrogen (secondary N) is 2. The van der Waals surface area contributed by atoms with E-state index in [0.29, 0.717) is 16.7 Å². The third kappa shape index (κ3) is 3.82. The summed E-state index contributed by atoms with van der Waals surface area (Å²) in [6.07, 6.45) is 0. The summed E-state index contributed by atoms with van der Waals surface area (Å²) < 4.78 is 13.2. The summed E-state index contributed by atoms with van der Waals surface area (Å²) in [7, 11) is 0. The van der Waals surface area contributed by atoms with Crippen molar-refractivity contribution in [2.24, 2.45) is 0 Å². The number of hydrogen-bond donors (Lipinski definition) is 3. The van der Waals surface area contributed by atoms with Crippen molar-refractivity contribution in [1.29, 1.82) is 0 Å². The first-order valence-electron chi connectivity index (χ1n) is 7.68. The first-order chi connectivity index (χ1) is 12.5. The molecule has 0 unspecified atom stereocenters. The molecule has 26 heavy (non-hydrogen) atoms. The molecule has 3 rings (SSSR count). The van der Waals surface area contributed by atoms with Gasteiger partial charge >= 0.3 is 0 Å². The van der Waals surface area contributed by atoms with Crippen LogP contribution >= 0.6 is 11.6 Å². The third-order valence-electron chi connectivity index (χ3n) is 3.90. The highest BCUT2D eigenvalue weighted by atomic mass is 35.5. The van der Waals surface area contributed by atoms with Gasteiger partial charge in [0.1, 0.15) is 5.82 Å². The summed E-state index contributed by atoms with van der Waals surface area (Å²) in [6.45, 7) is 0.215. The van der Waals surface area contributed by atoms with Crippen LogP contribution in [0.2, 0.25) is 5.02 Å². The molecule has 2 amide bonds. The number of hydrogen-bond acceptors (Lipinski definition) is 3. The minimum absolute atomic E-state index is 0.00479. The highest BCUT2D eigenvalue weighted by molar-refractivity contribution is 6.30. The minimum Gasteiger partial charge on any atom is -0.348 e. The molecule has 0 heterocycles. The molecule has 0 aromatic heterocycles. The summed E-state index contributed by atoms with van der Waals surface area (Å²) in [5, 5.41) is 13.0. The number of carbonyl (C=O) groups is 2. The van der Waals surface area contributed by atoms with Gasteiger partial charge in [-0.15, -0.1) is 0 Å². The van der Waals surface area contributed by atoms with Crippen LogP contribution in [-0.2, 0) is 6.54 Å². The number of halogens is 2. The van der Waals surface area contributed by atoms with Gasteiger partial charge in [-0.2, -0.15) is 0 Å². The Balaban J connectivity index is 1.75. The highest BCUT2D eigenvalue weighted by Crippen LogP contribution is 2.19. The molecule has 0 radical (unpaired) electrons. The lowest BCUT2D eigenvalue weighted by atomic mass is 10.0. The Bertz CT molecular complexity index is 1010. The topological polar surface area (TPSA) is 78.4 Å². The Kier molecular flexibility index (Phi) is 5.16. The van der Waals surface area contributed by atoms with Crippen molar-refractivity contribution in [3.63, 3.8) is 0 Å². The third-order valence-corrected chi connectivity index (χ3v) is 4.19. The van der Waals surface area contributed by atoms with Crippen LogP contribution in [0.1, 0.15) is 26.3 Å². The van der Waals surface area contributed by atoms with E-state index in [9.17, 15) is 14.0 Å². The van der Waals surface area contributed by atoms with E-state index in [2.05, 4.69) is 5.32 Å². The standard InChI is InChI=1S/C19H14ClFN2O3/c20-16-7-11(1-6-17(16)21)10-22-18(24)14-4-2-13-9-15(19(25)23-26)5-3-12(13)8-14/h1-9,26H,10H2,(H,22,24)(H,23,25). The maximum atomic E-state index is 13.2. The first-order valence-corrected chi connectivity index (χ1v) is 8.06. The zero-order valence-electron chi connectivity index (χ0n) is 13.4. The van der Waals surface area contributed by atoms with E-state index in [1.807, 2.05) is 0 Å². The quantitative estimate of drug-likeness (QED) is 0.483. The van der Waals surface area contributed by atoms with E-state index >= 15 is 0 Å². The van der Waals surface area contributed by atoms with Crippen molar-refractivity contribution in [2.75, 3.05) is 0 Å². The molecule has 0 atom stereocenters. The molecule has 0 aliphatic carbocycles. The number of hydroxylamine groups is 1. The molecule has 0 bridgehead atoms. The Morgan fingerprint density at radius 1 is 0.923 bits per heavy atom. The fourth-order valence-corrected chi connectivity index (χ4v) is 2.73. The maximum absolute atomic E-state index is 13.2. The van der Waals surface area contributed by atoms with Gasteiger partial charge in [-0.05, 0) is 52.7 Å². The lowest BCUT2D eigenvalue weighted by Crippen LogP contribution is -2.22. The molecule has 0 aliphatic heterocycles. The van der Waals surface area contributed by atoms with Gasteiger partial charge in [-0.1, -0.05) is 29.8 Å². The largest absolute Gasteiger partial charge is 0.348 e. The number of benzene rings is 3. The molecular formula is C19H14ClFN2O3. The van der Waals surface area contributed by atoms with Gasteiger partial charge in [-0.25, -0.2) is 9.87 Å². The molecule has 132 valence electrons. The fraction of sp³-hybridized carbons (Fsp3) is 0.0526. The average Bonchev–Trinajstić information content (AvgIpc) is 2.67. The van der Waals surface area contributed by atoms with Crippen LogP contribution in [0.4, 0.5) is 4.39 Å². The van der Waals surface area contributed by atoms with E-state index in [0.717, 1.165) is 10.8 Å². The minimum atomic E-state index is -0.605. The van der Waals surface area contributed by atoms with E-state index in [1.165, 1.54) is 12.1 Å². The molecule has 7 heteroatoms. The second-order valence-electron chi connectivity index (χ2n) is 5.65. The van der Waals surface area contributed by atoms with Crippen LogP contribution in [0.3, 0.4) is 0 Å². The SMILES string of the molecule is O=C(NO)c1ccc2cc(C(=O)NCc3ccc(F)c(Cl)c3)ccc2c1. The summed E-state index contributed by atoms with van der Waals surface area (Å²) in [5.41, 5.74) is 3.02. The van der Waals surface area contributed by atoms with Crippen LogP contribution in [0.5, 0.6) is 0 Å². The van der Waals surface area contributed by atoms with E-state index in [-0.39, 0.29) is 17.5 Å². The number of fused-ring (bicyclic) bond motifs is 1. The highest BCUT2D eigenvalue weighted by Gasteiger charge is 2.09. The summed E-state index contributed by atoms with van der Waals surface area (Å²) in [6, 6.07) is 14.2. The van der Waals surface area contributed by atoms with Crippen LogP contribution in [0, 0.1) is 5.82 Å². The number of rotatable bonds is 4. The second-order valence-corrected chi connectivity index (χ2v) is 6.06. The lowest BCUT2D eigenvalue weighted by molar-refractivity contribution is 0.0706. The normalized spacial score (nSPS) is 10.6. The number of amides is 2. The van der Waals surface area contributed by atoms with E-state index in [1.54, 1.807) is 47.9 Å². The molecule has 3 aromatic carbocycles. The fourth-order valence-electron chi connectivity index (χ4n) is 2.53. The van der Waals surface area contributed by atoms with Gasteiger partial charge in [0.15, 0.2) is 0 Å². The lowest BCUT2D eigenvalue weighted by Gasteiger charge is -2.08. The Morgan fingerprint density at radius 2 is 1.54 bits per heavy atom. The van der Waals surface area contributed by atoms with Crippen molar-refractivity contribution in [3.8, 4) is 0 Å². The summed E-state index contributed by atoms with van der Waals surface area (Å²) in [4.78, 5) is 23.8. The van der Waals surface area contributed by atoms with Gasteiger partial charge < -0.3 is 5.32 Å². The second kappa shape index (κ2) is 7.51. The van der Waals surface area contributed by atoms with Crippen molar-refractivity contribution in [1.82, 2.24) is 10.8 Å². The Hall–Kier alpha value is -2.96. The molecular weight excluding hydrogens is 359 g/mol. The Labute approximate surface area is 153 Å². The summed E-state index contributed by atoms with van der Waals surface area (Å²) >= 11 is 5.73. The van der Waals surface area contributed by atoms with Crippen molar-refractivity contribution < 1.29 is 19.2 Å². The predicted octanol–water partition coefficient (Wildman–Crippen LogP) is 3.68. The van der Waals surface area contributed by atoms with Crippen molar-refractivity contribution in [3.05, 3.63) is 82.1 Å². The van der Waals surface area contributed by atoms with Crippen LogP contribution in [0.15, 0.2) is 54.6 Å². The molecule has 0 aliphatic rings. The summed E-state index contributed by atoms with van der Waals surface area (Å²) in [5.74, 6) is -1.40. The molecule has 0 saturated heterocycles. The van der Waals surface area contributed by atoms with Gasteiger partial charge in [-0.3, -0.25) is 14.8 Å². The smallest absolute Gasteiger partial charge is 0.274 e. The van der Waals surface area contributed by atoms with Gasteiger partial charge in [0, 0.05) is 17.7 Å². The molecule has 0 fully saturated rings. The maximum Gasteiger partial charge on any atom is 0.274 e. The molecule has 3 N–H and O–H groups in total.